The first-order chi connectivity index (χ1) is 19.0. The van der Waals surface area contributed by atoms with E-state index in [4.69, 9.17) is 5.73 Å². The predicted molar refractivity (Wildman–Crippen MR) is 144 cm³/mol. The van der Waals surface area contributed by atoms with Gasteiger partial charge in [0.15, 0.2) is 5.65 Å². The molecule has 0 bridgehead atoms. The largest absolute Gasteiger partial charge is 0.416 e. The van der Waals surface area contributed by atoms with Crippen LogP contribution in [0.1, 0.15) is 38.6 Å². The maximum absolute atomic E-state index is 14.2. The number of primary amides is 1. The predicted octanol–water partition coefficient (Wildman–Crippen LogP) is 4.47. The molecule has 0 aliphatic rings. The Balaban J connectivity index is 1.77. The lowest BCUT2D eigenvalue weighted by atomic mass is 9.89. The number of amides is 1. The molecular weight excluding hydrogens is 519 g/mol. The highest BCUT2D eigenvalue weighted by atomic mass is 19.4. The Hall–Kier alpha value is -4.95. The van der Waals surface area contributed by atoms with Gasteiger partial charge >= 0.3 is 6.18 Å². The summed E-state index contributed by atoms with van der Waals surface area (Å²) in [6.07, 6.45) is 4.93. The molecule has 3 heterocycles. The van der Waals surface area contributed by atoms with E-state index in [1.807, 2.05) is 19.0 Å². The van der Waals surface area contributed by atoms with Gasteiger partial charge in [0, 0.05) is 47.2 Å². The van der Waals surface area contributed by atoms with Crippen molar-refractivity contribution in [1.29, 1.82) is 0 Å². The van der Waals surface area contributed by atoms with Gasteiger partial charge in [0.05, 0.1) is 24.5 Å². The minimum absolute atomic E-state index is 0.0571. The van der Waals surface area contributed by atoms with Gasteiger partial charge in [-0.05, 0) is 62.3 Å². The van der Waals surface area contributed by atoms with Crippen LogP contribution in [0, 0.1) is 18.8 Å². The first-order valence-corrected chi connectivity index (χ1v) is 12.2. The second-order valence-electron chi connectivity index (χ2n) is 9.46. The lowest BCUT2D eigenvalue weighted by molar-refractivity contribution is -0.137. The third-order valence-corrected chi connectivity index (χ3v) is 6.30. The molecule has 0 saturated carbocycles. The summed E-state index contributed by atoms with van der Waals surface area (Å²) in [4.78, 5) is 27.0. The molecule has 0 fully saturated rings. The minimum atomic E-state index is -4.65. The number of nitrogens with two attached hydrogens (primary N) is 1. The first-order valence-electron chi connectivity index (χ1n) is 12.2. The summed E-state index contributed by atoms with van der Waals surface area (Å²) in [5.74, 6) is 5.89. The Morgan fingerprint density at radius 3 is 2.58 bits per heavy atom. The van der Waals surface area contributed by atoms with E-state index >= 15 is 0 Å². The van der Waals surface area contributed by atoms with Crippen LogP contribution in [0.2, 0.25) is 0 Å². The van der Waals surface area contributed by atoms with Crippen LogP contribution in [0.25, 0.3) is 22.5 Å². The second kappa shape index (κ2) is 10.3. The van der Waals surface area contributed by atoms with Crippen molar-refractivity contribution in [3.63, 3.8) is 0 Å². The zero-order chi connectivity index (χ0) is 28.6. The van der Waals surface area contributed by atoms with Crippen LogP contribution in [0.15, 0.2) is 67.5 Å². The fraction of sp³-hybridized carbons (Fsp3) is 0.172. The average molecular weight is 544 g/mol. The van der Waals surface area contributed by atoms with Crippen molar-refractivity contribution >= 4 is 11.6 Å². The summed E-state index contributed by atoms with van der Waals surface area (Å²) in [6.45, 7) is 2.18. The fourth-order valence-electron chi connectivity index (χ4n) is 4.46. The number of hydrogen-bond acceptors (Lipinski definition) is 5. The molecule has 11 heteroatoms. The lowest BCUT2D eigenvalue weighted by Gasteiger charge is -2.18. The van der Waals surface area contributed by atoms with Gasteiger partial charge in [-0.15, -0.1) is 0 Å². The number of rotatable bonds is 5. The van der Waals surface area contributed by atoms with E-state index < -0.39 is 17.6 Å². The van der Waals surface area contributed by atoms with Gasteiger partial charge in [-0.25, -0.2) is 9.97 Å². The normalized spacial score (nSPS) is 11.6. The number of imidazole rings is 2. The molecule has 0 radical (unpaired) electrons. The van der Waals surface area contributed by atoms with Crippen molar-refractivity contribution in [2.45, 2.75) is 19.6 Å². The van der Waals surface area contributed by atoms with E-state index in [0.717, 1.165) is 12.1 Å². The van der Waals surface area contributed by atoms with Crippen LogP contribution < -0.4 is 5.73 Å². The molecule has 0 aliphatic heterocycles. The summed E-state index contributed by atoms with van der Waals surface area (Å²) in [5.41, 5.74) is 7.69. The average Bonchev–Trinajstić information content (AvgIpc) is 3.53. The van der Waals surface area contributed by atoms with E-state index in [-0.39, 0.29) is 22.4 Å². The number of fused-ring (bicyclic) bond motifs is 1. The Morgan fingerprint density at radius 2 is 1.85 bits per heavy atom. The van der Waals surface area contributed by atoms with Crippen molar-refractivity contribution in [3.05, 3.63) is 101 Å². The molecule has 0 unspecified atom stereocenters. The highest BCUT2D eigenvalue weighted by molar-refractivity contribution is 6.02. The Morgan fingerprint density at radius 1 is 1.05 bits per heavy atom. The molecule has 202 valence electrons. The van der Waals surface area contributed by atoms with Crippen molar-refractivity contribution in [2.75, 3.05) is 14.1 Å². The number of aromatic nitrogens is 5. The molecule has 1 amide bonds. The zero-order valence-electron chi connectivity index (χ0n) is 21.9. The third-order valence-electron chi connectivity index (χ3n) is 6.30. The van der Waals surface area contributed by atoms with Crippen LogP contribution in [0.3, 0.4) is 0 Å². The molecule has 8 nitrogen and oxygen atoms in total. The van der Waals surface area contributed by atoms with E-state index in [1.54, 1.807) is 59.0 Å². The molecule has 0 spiro atoms. The van der Waals surface area contributed by atoms with Gasteiger partial charge in [0.25, 0.3) is 0 Å². The minimum Gasteiger partial charge on any atom is -0.366 e. The monoisotopic (exact) mass is 543 g/mol. The third kappa shape index (κ3) is 5.17. The molecule has 0 atom stereocenters. The van der Waals surface area contributed by atoms with Gasteiger partial charge < -0.3 is 15.2 Å². The zero-order valence-corrected chi connectivity index (χ0v) is 21.9. The smallest absolute Gasteiger partial charge is 0.366 e. The van der Waals surface area contributed by atoms with E-state index in [9.17, 15) is 18.0 Å². The summed E-state index contributed by atoms with van der Waals surface area (Å²) in [5, 5.41) is 0. The summed E-state index contributed by atoms with van der Waals surface area (Å²) < 4.78 is 45.8. The van der Waals surface area contributed by atoms with E-state index in [1.165, 1.54) is 12.3 Å². The van der Waals surface area contributed by atoms with Crippen LogP contribution >= 0.6 is 0 Å². The number of aryl methyl sites for hydroxylation is 1. The van der Waals surface area contributed by atoms with Crippen molar-refractivity contribution in [1.82, 2.24) is 28.8 Å². The number of hydrogen-bond donors (Lipinski definition) is 1. The van der Waals surface area contributed by atoms with Gasteiger partial charge in [-0.1, -0.05) is 12.0 Å². The van der Waals surface area contributed by atoms with Crippen LogP contribution in [-0.2, 0) is 12.7 Å². The number of carbonyl (C=O) groups excluding carboxylic acids is 1. The standard InChI is InChI=1S/C29H24F3N7O/c1-18-4-6-24(28(33)40)27(23(18)7-5-21-15-36-25-16-34-8-10-38(21)25)19-12-20(29(30,31)32)14-22(13-19)39-11-9-35-26(39)17-37(2)3/h4,6,8-16H,17H2,1-3H3,(H2,33,40). The highest BCUT2D eigenvalue weighted by Crippen LogP contribution is 2.37. The highest BCUT2D eigenvalue weighted by Gasteiger charge is 2.32. The second-order valence-corrected chi connectivity index (χ2v) is 9.46. The number of alkyl halides is 3. The van der Waals surface area contributed by atoms with Gasteiger partial charge in [0.1, 0.15) is 11.5 Å². The van der Waals surface area contributed by atoms with Crippen LogP contribution in [-0.4, -0.2) is 48.8 Å². The van der Waals surface area contributed by atoms with Gasteiger partial charge in [-0.2, -0.15) is 13.2 Å². The molecular formula is C29H24F3N7O. The molecule has 2 aromatic carbocycles. The van der Waals surface area contributed by atoms with E-state index in [0.29, 0.717) is 34.8 Å². The lowest BCUT2D eigenvalue weighted by Crippen LogP contribution is -2.16. The Bertz CT molecular complexity index is 1810. The SMILES string of the molecule is Cc1ccc(C(N)=O)c(-c2cc(-n3ccnc3CN(C)C)cc(C(F)(F)F)c2)c1C#Cc1cnc2cnccn12. The molecule has 2 N–H and O–H groups in total. The van der Waals surface area contributed by atoms with Crippen LogP contribution in [0.5, 0.6) is 0 Å². The molecule has 0 saturated heterocycles. The van der Waals surface area contributed by atoms with E-state index in [2.05, 4.69) is 26.8 Å². The fourth-order valence-corrected chi connectivity index (χ4v) is 4.46. The molecule has 0 aliphatic carbocycles. The quantitative estimate of drug-likeness (QED) is 0.330. The molecule has 3 aromatic heterocycles. The molecule has 5 aromatic rings. The van der Waals surface area contributed by atoms with Crippen LogP contribution in [0.4, 0.5) is 13.2 Å². The first kappa shape index (κ1) is 26.6. The number of nitrogens with zero attached hydrogens (tertiary/aromatic N) is 6. The number of benzene rings is 2. The Labute approximate surface area is 227 Å². The number of halogens is 3. The molecule has 5 rings (SSSR count). The maximum Gasteiger partial charge on any atom is 0.416 e. The maximum atomic E-state index is 14.2. The Kier molecular flexibility index (Phi) is 6.87. The summed E-state index contributed by atoms with van der Waals surface area (Å²) in [7, 11) is 3.68. The molecule has 40 heavy (non-hydrogen) atoms. The summed E-state index contributed by atoms with van der Waals surface area (Å²) >= 11 is 0. The van der Waals surface area contributed by atoms with Gasteiger partial charge in [-0.3, -0.25) is 14.2 Å². The number of carbonyl (C=O) groups is 1. The van der Waals surface area contributed by atoms with Gasteiger partial charge in [0.2, 0.25) is 5.91 Å². The van der Waals surface area contributed by atoms with Crippen molar-refractivity contribution < 1.29 is 18.0 Å². The van der Waals surface area contributed by atoms with Crippen molar-refractivity contribution in [3.8, 4) is 28.7 Å². The topological polar surface area (TPSA) is 94.3 Å². The summed E-state index contributed by atoms with van der Waals surface area (Å²) in [6, 6.07) is 6.83. The van der Waals surface area contributed by atoms with Crippen molar-refractivity contribution in [2.24, 2.45) is 5.73 Å².